The van der Waals surface area contributed by atoms with Crippen molar-refractivity contribution in [1.82, 2.24) is 4.98 Å². The lowest BCUT2D eigenvalue weighted by Gasteiger charge is -2.06. The summed E-state index contributed by atoms with van der Waals surface area (Å²) in [5.41, 5.74) is 0.0839. The number of pyridine rings is 1. The summed E-state index contributed by atoms with van der Waals surface area (Å²) in [4.78, 5) is 14.0. The summed E-state index contributed by atoms with van der Waals surface area (Å²) in [6.45, 7) is 0. The summed E-state index contributed by atoms with van der Waals surface area (Å²) in [5, 5.41) is 0.872. The van der Waals surface area contributed by atoms with Crippen molar-refractivity contribution < 1.29 is 8.42 Å². The van der Waals surface area contributed by atoms with Gasteiger partial charge in [0.1, 0.15) is 5.15 Å². The Morgan fingerprint density at radius 2 is 1.57 bits per heavy atom. The molecule has 0 spiro atoms. The van der Waals surface area contributed by atoms with Crippen LogP contribution < -0.4 is 5.56 Å². The lowest BCUT2D eigenvalue weighted by Crippen LogP contribution is -2.17. The summed E-state index contributed by atoms with van der Waals surface area (Å²) >= 11 is 17.3. The van der Waals surface area contributed by atoms with Crippen LogP contribution in [0.25, 0.3) is 0 Å². The van der Waals surface area contributed by atoms with Crippen LogP contribution >= 0.6 is 34.8 Å². The summed E-state index contributed by atoms with van der Waals surface area (Å²) in [6.07, 6.45) is 0. The van der Waals surface area contributed by atoms with Gasteiger partial charge in [-0.1, -0.05) is 34.8 Å². The minimum atomic E-state index is -3.54. The van der Waals surface area contributed by atoms with Crippen molar-refractivity contribution >= 4 is 44.6 Å². The van der Waals surface area contributed by atoms with Gasteiger partial charge in [0.2, 0.25) is 0 Å². The van der Waals surface area contributed by atoms with Gasteiger partial charge in [-0.3, -0.25) is 4.79 Å². The Hall–Kier alpha value is -1.01. The van der Waals surface area contributed by atoms with Crippen molar-refractivity contribution in [2.45, 2.75) is 11.5 Å². The van der Waals surface area contributed by atoms with Gasteiger partial charge in [-0.2, -0.15) is 0 Å². The highest BCUT2D eigenvalue weighted by molar-refractivity contribution is 7.89. The van der Waals surface area contributed by atoms with Crippen molar-refractivity contribution in [3.05, 3.63) is 67.0 Å². The van der Waals surface area contributed by atoms with E-state index in [-0.39, 0.29) is 22.2 Å². The fourth-order valence-corrected chi connectivity index (χ4v) is 4.03. The topological polar surface area (TPSA) is 67.0 Å². The van der Waals surface area contributed by atoms with Crippen molar-refractivity contribution in [2.24, 2.45) is 0 Å². The molecule has 0 aliphatic rings. The van der Waals surface area contributed by atoms with Crippen LogP contribution in [0.15, 0.2) is 35.1 Å². The van der Waals surface area contributed by atoms with Gasteiger partial charge in [0.25, 0.3) is 5.56 Å². The molecular weight excluding hydrogens is 357 g/mol. The summed E-state index contributed by atoms with van der Waals surface area (Å²) in [6, 6.07) is 7.39. The molecule has 0 amide bonds. The molecule has 0 saturated carbocycles. The first kappa shape index (κ1) is 16.4. The highest BCUT2D eigenvalue weighted by Gasteiger charge is 2.16. The molecule has 0 fully saturated rings. The van der Waals surface area contributed by atoms with E-state index in [1.165, 1.54) is 30.3 Å². The van der Waals surface area contributed by atoms with Gasteiger partial charge in [-0.25, -0.2) is 8.42 Å². The summed E-state index contributed by atoms with van der Waals surface area (Å²) < 4.78 is 24.3. The number of H-pyrrole nitrogens is 1. The van der Waals surface area contributed by atoms with Crippen molar-refractivity contribution in [3.63, 3.8) is 0 Å². The molecule has 0 unspecified atom stereocenters. The Morgan fingerprint density at radius 1 is 0.952 bits per heavy atom. The quantitative estimate of drug-likeness (QED) is 0.843. The molecule has 2 aromatic rings. The highest BCUT2D eigenvalue weighted by Crippen LogP contribution is 2.21. The van der Waals surface area contributed by atoms with Gasteiger partial charge >= 0.3 is 0 Å². The Kier molecular flexibility index (Phi) is 4.99. The van der Waals surface area contributed by atoms with Crippen LogP contribution in [-0.2, 0) is 21.3 Å². The van der Waals surface area contributed by atoms with Gasteiger partial charge in [-0.05, 0) is 35.9 Å². The smallest absolute Gasteiger partial charge is 0.253 e. The van der Waals surface area contributed by atoms with E-state index in [9.17, 15) is 13.2 Å². The monoisotopic (exact) mass is 365 g/mol. The molecular formula is C13H10Cl3NO3S. The summed E-state index contributed by atoms with van der Waals surface area (Å²) in [5.74, 6) is -0.640. The molecule has 0 radical (unpaired) electrons. The van der Waals surface area contributed by atoms with Crippen LogP contribution in [0.4, 0.5) is 0 Å². The standard InChI is InChI=1S/C13H10Cl3NO3S/c14-10-3-8(4-11(15)5-10)6-21(19,20)7-9-1-2-12(16)17-13(9)18/h1-5H,6-7H2,(H,17,18). The maximum Gasteiger partial charge on any atom is 0.253 e. The molecule has 1 aromatic heterocycles. The van der Waals surface area contributed by atoms with Crippen LogP contribution in [0.2, 0.25) is 15.2 Å². The first-order valence-corrected chi connectivity index (χ1v) is 8.74. The SMILES string of the molecule is O=c1[nH]c(Cl)ccc1CS(=O)(=O)Cc1cc(Cl)cc(Cl)c1. The third-order valence-corrected chi connectivity index (χ3v) is 4.82. The Balaban J connectivity index is 2.24. The molecule has 0 saturated heterocycles. The van der Waals surface area contributed by atoms with Crippen molar-refractivity contribution in [1.29, 1.82) is 0 Å². The van der Waals surface area contributed by atoms with E-state index in [4.69, 9.17) is 34.8 Å². The zero-order chi connectivity index (χ0) is 15.6. The van der Waals surface area contributed by atoms with Gasteiger partial charge in [0.15, 0.2) is 9.84 Å². The number of sulfone groups is 1. The first-order chi connectivity index (χ1) is 9.75. The fourth-order valence-electron chi connectivity index (χ4n) is 1.83. The molecule has 21 heavy (non-hydrogen) atoms. The average molecular weight is 367 g/mol. The molecule has 0 bridgehead atoms. The van der Waals surface area contributed by atoms with Gasteiger partial charge in [0, 0.05) is 15.6 Å². The van der Waals surface area contributed by atoms with E-state index >= 15 is 0 Å². The largest absolute Gasteiger partial charge is 0.313 e. The molecule has 1 aromatic carbocycles. The molecule has 2 rings (SSSR count). The molecule has 1 heterocycles. The number of hydrogen-bond donors (Lipinski definition) is 1. The number of benzene rings is 1. The number of rotatable bonds is 4. The molecule has 0 atom stereocenters. The minimum Gasteiger partial charge on any atom is -0.313 e. The first-order valence-electron chi connectivity index (χ1n) is 5.78. The Morgan fingerprint density at radius 3 is 2.14 bits per heavy atom. The van der Waals surface area contributed by atoms with Crippen LogP contribution in [-0.4, -0.2) is 13.4 Å². The third-order valence-electron chi connectivity index (χ3n) is 2.64. The second-order valence-electron chi connectivity index (χ2n) is 4.47. The highest BCUT2D eigenvalue weighted by atomic mass is 35.5. The van der Waals surface area contributed by atoms with Gasteiger partial charge < -0.3 is 4.98 Å². The third kappa shape index (κ3) is 4.74. The van der Waals surface area contributed by atoms with Crippen LogP contribution in [0.5, 0.6) is 0 Å². The molecule has 0 aliphatic carbocycles. The number of halogens is 3. The van der Waals surface area contributed by atoms with Gasteiger partial charge in [-0.15, -0.1) is 0 Å². The summed E-state index contributed by atoms with van der Waals surface area (Å²) in [7, 11) is -3.54. The number of aromatic amines is 1. The van der Waals surface area contributed by atoms with Gasteiger partial charge in [0.05, 0.1) is 11.5 Å². The predicted octanol–water partition coefficient (Wildman–Crippen LogP) is 3.45. The van der Waals surface area contributed by atoms with Crippen LogP contribution in [0.1, 0.15) is 11.1 Å². The molecule has 112 valence electrons. The van der Waals surface area contributed by atoms with Crippen molar-refractivity contribution in [3.8, 4) is 0 Å². The van der Waals surface area contributed by atoms with E-state index in [1.807, 2.05) is 0 Å². The maximum absolute atomic E-state index is 12.2. The Bertz CT molecular complexity index is 811. The number of aromatic nitrogens is 1. The van der Waals surface area contributed by atoms with Crippen molar-refractivity contribution in [2.75, 3.05) is 0 Å². The normalized spacial score (nSPS) is 11.6. The van der Waals surface area contributed by atoms with E-state index in [2.05, 4.69) is 4.98 Å². The second-order valence-corrected chi connectivity index (χ2v) is 7.82. The van der Waals surface area contributed by atoms with Crippen LogP contribution in [0.3, 0.4) is 0 Å². The Labute approximate surface area is 136 Å². The molecule has 1 N–H and O–H groups in total. The average Bonchev–Trinajstić information content (AvgIpc) is 2.30. The second kappa shape index (κ2) is 6.40. The zero-order valence-electron chi connectivity index (χ0n) is 10.6. The van der Waals surface area contributed by atoms with E-state index in [0.29, 0.717) is 15.6 Å². The molecule has 8 heteroatoms. The zero-order valence-corrected chi connectivity index (χ0v) is 13.7. The lowest BCUT2D eigenvalue weighted by molar-refractivity contribution is 0.594. The fraction of sp³-hybridized carbons (Fsp3) is 0.154. The van der Waals surface area contributed by atoms with E-state index in [0.717, 1.165) is 0 Å². The van der Waals surface area contributed by atoms with Crippen LogP contribution in [0, 0.1) is 0 Å². The predicted molar refractivity (Wildman–Crippen MR) is 84.9 cm³/mol. The molecule has 4 nitrogen and oxygen atoms in total. The number of hydrogen-bond acceptors (Lipinski definition) is 3. The van der Waals surface area contributed by atoms with E-state index < -0.39 is 15.4 Å². The minimum absolute atomic E-state index is 0.132. The lowest BCUT2D eigenvalue weighted by atomic mass is 10.2. The maximum atomic E-state index is 12.2. The molecule has 0 aliphatic heterocycles. The number of nitrogens with one attached hydrogen (secondary N) is 1. The van der Waals surface area contributed by atoms with E-state index in [1.54, 1.807) is 0 Å².